The predicted octanol–water partition coefficient (Wildman–Crippen LogP) is 5.79. The lowest BCUT2D eigenvalue weighted by molar-refractivity contribution is -0.384. The maximum Gasteiger partial charge on any atom is 0.408 e. The zero-order valence-corrected chi connectivity index (χ0v) is 24.6. The molecule has 1 amide bonds. The largest absolute Gasteiger partial charge is 0.494 e. The van der Waals surface area contributed by atoms with Crippen molar-refractivity contribution in [1.29, 1.82) is 0 Å². The Bertz CT molecular complexity index is 1660. The number of para-hydroxylation sites is 1. The second kappa shape index (κ2) is 10.8. The molecule has 0 radical (unpaired) electrons. The Morgan fingerprint density at radius 2 is 1.95 bits per heavy atom. The van der Waals surface area contributed by atoms with Crippen LogP contribution in [0.4, 0.5) is 27.8 Å². The van der Waals surface area contributed by atoms with Gasteiger partial charge in [-0.3, -0.25) is 10.1 Å². The van der Waals surface area contributed by atoms with Crippen LogP contribution in [0, 0.1) is 10.1 Å². The molecule has 1 saturated carbocycles. The van der Waals surface area contributed by atoms with Gasteiger partial charge in [-0.2, -0.15) is 0 Å². The molecule has 12 nitrogen and oxygen atoms in total. The quantitative estimate of drug-likeness (QED) is 0.188. The number of aromatic nitrogens is 3. The molecule has 0 bridgehead atoms. The Balaban J connectivity index is 1.41. The zero-order chi connectivity index (χ0) is 30.2. The number of amides is 1. The molecule has 0 spiro atoms. The summed E-state index contributed by atoms with van der Waals surface area (Å²) < 4.78 is 13.1. The fourth-order valence-corrected chi connectivity index (χ4v) is 5.04. The van der Waals surface area contributed by atoms with Gasteiger partial charge in [-0.15, -0.1) is 0 Å². The number of hydrogen-bond acceptors (Lipinski definition) is 9. The van der Waals surface area contributed by atoms with Crippen LogP contribution in [0.5, 0.6) is 5.75 Å². The standard InChI is InChI=1S/C30H35N7O5/c1-29(2,3)42-28(38)34-30(12-13-30)18-36(5)24-16-26(41-6)22(15-25(24)37(39)40)33-27-31-14-11-21(32-27)20-17-35(4)23-10-8-7-9-19(20)23/h7-11,14-17H,12-13,18H2,1-6H3,(H,34,38)(H,31,32,33). The maximum absolute atomic E-state index is 12.4. The molecule has 2 heterocycles. The summed E-state index contributed by atoms with van der Waals surface area (Å²) >= 11 is 0. The number of anilines is 3. The van der Waals surface area contributed by atoms with E-state index in [2.05, 4.69) is 15.6 Å². The Labute approximate surface area is 243 Å². The van der Waals surface area contributed by atoms with Crippen LogP contribution in [-0.2, 0) is 11.8 Å². The van der Waals surface area contributed by atoms with E-state index in [-0.39, 0.29) is 11.6 Å². The lowest BCUT2D eigenvalue weighted by Crippen LogP contribution is -2.46. The molecule has 0 saturated heterocycles. The van der Waals surface area contributed by atoms with Crippen molar-refractivity contribution in [1.82, 2.24) is 19.9 Å². The van der Waals surface area contributed by atoms with Crippen LogP contribution in [-0.4, -0.2) is 57.4 Å². The minimum absolute atomic E-state index is 0.126. The van der Waals surface area contributed by atoms with Crippen molar-refractivity contribution < 1.29 is 19.2 Å². The van der Waals surface area contributed by atoms with Crippen LogP contribution in [0.1, 0.15) is 33.6 Å². The molecule has 2 aromatic heterocycles. The summed E-state index contributed by atoms with van der Waals surface area (Å²) in [6.07, 6.45) is 4.63. The number of likely N-dealkylation sites (N-methyl/N-ethyl adjacent to an activating group) is 1. The Morgan fingerprint density at radius 1 is 1.21 bits per heavy atom. The number of rotatable bonds is 9. The van der Waals surface area contributed by atoms with E-state index in [9.17, 15) is 14.9 Å². The molecule has 4 aromatic rings. The van der Waals surface area contributed by atoms with Crippen molar-refractivity contribution in [3.8, 4) is 17.0 Å². The number of hydrogen-bond donors (Lipinski definition) is 2. The van der Waals surface area contributed by atoms with Gasteiger partial charge in [-0.25, -0.2) is 14.8 Å². The van der Waals surface area contributed by atoms with Gasteiger partial charge in [0.1, 0.15) is 17.0 Å². The highest BCUT2D eigenvalue weighted by Gasteiger charge is 2.46. The van der Waals surface area contributed by atoms with E-state index in [1.807, 2.05) is 48.1 Å². The normalized spacial score (nSPS) is 13.9. The highest BCUT2D eigenvalue weighted by molar-refractivity contribution is 5.95. The number of carbonyl (C=O) groups excluding carboxylic acids is 1. The number of nitrogens with one attached hydrogen (secondary N) is 2. The van der Waals surface area contributed by atoms with Crippen molar-refractivity contribution in [3.63, 3.8) is 0 Å². The molecular weight excluding hydrogens is 538 g/mol. The summed E-state index contributed by atoms with van der Waals surface area (Å²) in [6.45, 7) is 5.76. The Hall–Kier alpha value is -4.87. The fourth-order valence-electron chi connectivity index (χ4n) is 5.04. The SMILES string of the molecule is COc1cc(N(C)CC2(NC(=O)OC(C)(C)C)CC2)c([N+](=O)[O-])cc1Nc1nccc(-c2cn(C)c3ccccc23)n1. The summed E-state index contributed by atoms with van der Waals surface area (Å²) in [7, 11) is 5.23. The maximum atomic E-state index is 12.4. The van der Waals surface area contributed by atoms with Crippen LogP contribution in [0.2, 0.25) is 0 Å². The van der Waals surface area contributed by atoms with E-state index in [1.54, 1.807) is 45.0 Å². The zero-order valence-electron chi connectivity index (χ0n) is 24.6. The smallest absolute Gasteiger partial charge is 0.408 e. The first-order chi connectivity index (χ1) is 19.9. The van der Waals surface area contributed by atoms with E-state index in [1.165, 1.54) is 13.2 Å². The summed E-state index contributed by atoms with van der Waals surface area (Å²) in [5, 5.41) is 19.3. The molecule has 5 rings (SSSR count). The first-order valence-electron chi connectivity index (χ1n) is 13.6. The van der Waals surface area contributed by atoms with Crippen LogP contribution >= 0.6 is 0 Å². The van der Waals surface area contributed by atoms with Crippen LogP contribution in [0.25, 0.3) is 22.2 Å². The Morgan fingerprint density at radius 3 is 2.62 bits per heavy atom. The van der Waals surface area contributed by atoms with Crippen LogP contribution in [0.15, 0.2) is 54.9 Å². The molecule has 0 atom stereocenters. The van der Waals surface area contributed by atoms with Gasteiger partial charge in [0, 0.05) is 61.6 Å². The van der Waals surface area contributed by atoms with E-state index in [4.69, 9.17) is 14.5 Å². The number of methoxy groups -OCH3 is 1. The number of carbonyl (C=O) groups is 1. The fraction of sp³-hybridized carbons (Fsp3) is 0.367. The lowest BCUT2D eigenvalue weighted by atomic mass is 10.1. The Kier molecular flexibility index (Phi) is 7.40. The first kappa shape index (κ1) is 28.7. The first-order valence-corrected chi connectivity index (χ1v) is 13.6. The number of alkyl carbamates (subject to hydrolysis) is 1. The molecule has 12 heteroatoms. The van der Waals surface area contributed by atoms with Crippen molar-refractivity contribution in [2.24, 2.45) is 7.05 Å². The van der Waals surface area contributed by atoms with Gasteiger partial charge in [0.2, 0.25) is 5.95 Å². The minimum atomic E-state index is -0.626. The van der Waals surface area contributed by atoms with Gasteiger partial charge in [0.25, 0.3) is 5.69 Å². The predicted molar refractivity (Wildman–Crippen MR) is 161 cm³/mol. The number of nitro benzene ring substituents is 1. The van der Waals surface area contributed by atoms with Crippen molar-refractivity contribution in [2.75, 3.05) is 30.9 Å². The van der Waals surface area contributed by atoms with Gasteiger partial charge in [-0.05, 0) is 45.7 Å². The van der Waals surface area contributed by atoms with E-state index >= 15 is 0 Å². The van der Waals surface area contributed by atoms with E-state index < -0.39 is 22.2 Å². The molecule has 220 valence electrons. The molecule has 42 heavy (non-hydrogen) atoms. The number of aryl methyl sites for hydroxylation is 1. The monoisotopic (exact) mass is 573 g/mol. The van der Waals surface area contributed by atoms with Crippen LogP contribution in [0.3, 0.4) is 0 Å². The van der Waals surface area contributed by atoms with Gasteiger partial charge >= 0.3 is 6.09 Å². The third kappa shape index (κ3) is 6.07. The third-order valence-electron chi connectivity index (χ3n) is 7.14. The molecule has 2 N–H and O–H groups in total. The van der Waals surface area contributed by atoms with Crippen molar-refractivity contribution in [3.05, 3.63) is 65.0 Å². The van der Waals surface area contributed by atoms with Gasteiger partial charge in [0.15, 0.2) is 0 Å². The highest BCUT2D eigenvalue weighted by atomic mass is 16.6. The van der Waals surface area contributed by atoms with Crippen LogP contribution < -0.4 is 20.3 Å². The number of fused-ring (bicyclic) bond motifs is 1. The van der Waals surface area contributed by atoms with Gasteiger partial charge < -0.3 is 29.6 Å². The summed E-state index contributed by atoms with van der Waals surface area (Å²) in [5.41, 5.74) is 2.16. The average Bonchev–Trinajstić information content (AvgIpc) is 3.59. The highest BCUT2D eigenvalue weighted by Crippen LogP contribution is 2.42. The minimum Gasteiger partial charge on any atom is -0.494 e. The lowest BCUT2D eigenvalue weighted by Gasteiger charge is -2.28. The van der Waals surface area contributed by atoms with Gasteiger partial charge in [-0.1, -0.05) is 18.2 Å². The van der Waals surface area contributed by atoms with Crippen molar-refractivity contribution in [2.45, 2.75) is 44.8 Å². The average molecular weight is 574 g/mol. The number of ether oxygens (including phenoxy) is 2. The van der Waals surface area contributed by atoms with Gasteiger partial charge in [0.05, 0.1) is 29.0 Å². The number of nitrogens with zero attached hydrogens (tertiary/aromatic N) is 5. The van der Waals surface area contributed by atoms with E-state index in [0.717, 1.165) is 29.3 Å². The summed E-state index contributed by atoms with van der Waals surface area (Å²) in [5.74, 6) is 0.652. The molecule has 1 aliphatic rings. The number of benzene rings is 2. The second-order valence-electron chi connectivity index (χ2n) is 11.6. The number of nitro groups is 1. The molecule has 0 aliphatic heterocycles. The molecular formula is C30H35N7O5. The summed E-state index contributed by atoms with van der Waals surface area (Å²) in [6, 6.07) is 12.9. The molecule has 2 aromatic carbocycles. The molecule has 1 aliphatic carbocycles. The second-order valence-corrected chi connectivity index (χ2v) is 11.6. The molecule has 0 unspecified atom stereocenters. The molecule has 1 fully saturated rings. The summed E-state index contributed by atoms with van der Waals surface area (Å²) in [4.78, 5) is 35.0. The third-order valence-corrected chi connectivity index (χ3v) is 7.14. The topological polar surface area (TPSA) is 137 Å². The van der Waals surface area contributed by atoms with E-state index in [0.29, 0.717) is 29.4 Å². The van der Waals surface area contributed by atoms with Crippen molar-refractivity contribution >= 4 is 40.0 Å².